The molecule has 1 unspecified atom stereocenters. The van der Waals surface area contributed by atoms with Gasteiger partial charge in [0.05, 0.1) is 72.7 Å². The Morgan fingerprint density at radius 2 is 1.85 bits per heavy atom. The van der Waals surface area contributed by atoms with Crippen molar-refractivity contribution in [2.24, 2.45) is 17.6 Å². The van der Waals surface area contributed by atoms with Gasteiger partial charge in [-0.15, -0.1) is 6.58 Å². The Labute approximate surface area is 275 Å². The highest BCUT2D eigenvalue weighted by Crippen LogP contribution is 2.41. The molecule has 3 N–H and O–H groups in total. The van der Waals surface area contributed by atoms with Crippen molar-refractivity contribution < 1.29 is 37.2 Å². The van der Waals surface area contributed by atoms with E-state index in [0.29, 0.717) is 19.6 Å². The van der Waals surface area contributed by atoms with Gasteiger partial charge in [-0.3, -0.25) is 0 Å². The lowest BCUT2D eigenvalue weighted by molar-refractivity contribution is -0.0766. The van der Waals surface area contributed by atoms with E-state index in [9.17, 15) is 13.5 Å². The zero-order valence-corrected chi connectivity index (χ0v) is 28.2. The smallest absolute Gasteiger partial charge is 0.178 e. The summed E-state index contributed by atoms with van der Waals surface area (Å²) in [5, 5.41) is 10.4. The van der Waals surface area contributed by atoms with Gasteiger partial charge < -0.3 is 34.5 Å². The van der Waals surface area contributed by atoms with Gasteiger partial charge in [-0.05, 0) is 48.5 Å². The molecule has 0 aliphatic carbocycles. The van der Waals surface area contributed by atoms with Crippen LogP contribution in [0.5, 0.6) is 0 Å². The maximum absolute atomic E-state index is 13.5. The lowest BCUT2D eigenvalue weighted by Crippen LogP contribution is -2.40. The highest BCUT2D eigenvalue weighted by atomic mass is 32.2. The Balaban J connectivity index is 1.42. The minimum Gasteiger partial charge on any atom is -0.392 e. The minimum atomic E-state index is -3.64. The zero-order chi connectivity index (χ0) is 33.3. The molecule has 10 atom stereocenters. The molecule has 1 aromatic carbocycles. The van der Waals surface area contributed by atoms with Gasteiger partial charge in [0, 0.05) is 38.8 Å². The van der Waals surface area contributed by atoms with Crippen molar-refractivity contribution in [1.29, 1.82) is 0 Å². The van der Waals surface area contributed by atoms with E-state index in [2.05, 4.69) is 26.7 Å². The number of nitrogens with two attached hydrogens (primary N) is 1. The topological polar surface area (TPSA) is 127 Å². The molecule has 0 radical (unpaired) electrons. The molecule has 1 aromatic rings. The summed E-state index contributed by atoms with van der Waals surface area (Å²) in [7, 11) is -2.08. The molecule has 256 valence electrons. The van der Waals surface area contributed by atoms with E-state index in [1.165, 1.54) is 0 Å². The number of aliphatic hydroxyl groups excluding tert-OH is 1. The number of methoxy groups -OCH3 is 1. The molecule has 3 aliphatic rings. The molecule has 0 bridgehead atoms. The molecule has 3 aliphatic heterocycles. The normalized spacial score (nSPS) is 32.7. The Morgan fingerprint density at radius 1 is 1.09 bits per heavy atom. The molecule has 3 heterocycles. The van der Waals surface area contributed by atoms with E-state index in [4.69, 9.17) is 29.4 Å². The van der Waals surface area contributed by atoms with Crippen LogP contribution in [0.4, 0.5) is 0 Å². The summed E-state index contributed by atoms with van der Waals surface area (Å²) in [4.78, 5) is 0.260. The van der Waals surface area contributed by atoms with Crippen molar-refractivity contribution in [3.8, 4) is 0 Å². The summed E-state index contributed by atoms with van der Waals surface area (Å²) in [5.41, 5.74) is 7.78. The fourth-order valence-electron chi connectivity index (χ4n) is 6.92. The first kappa shape index (κ1) is 36.7. The Kier molecular flexibility index (Phi) is 13.8. The lowest BCUT2D eigenvalue weighted by atomic mass is 9.83. The number of ether oxygens (including phenoxy) is 5. The van der Waals surface area contributed by atoms with Crippen LogP contribution in [0, 0.1) is 11.8 Å². The van der Waals surface area contributed by atoms with E-state index in [0.717, 1.165) is 36.8 Å². The summed E-state index contributed by atoms with van der Waals surface area (Å²) < 4.78 is 57.8. The third kappa shape index (κ3) is 9.70. The van der Waals surface area contributed by atoms with Gasteiger partial charge in [0.15, 0.2) is 9.84 Å². The molecule has 10 heteroatoms. The van der Waals surface area contributed by atoms with Gasteiger partial charge in [-0.2, -0.15) is 0 Å². The Bertz CT molecular complexity index is 1280. The van der Waals surface area contributed by atoms with Crippen molar-refractivity contribution in [2.45, 2.75) is 99.2 Å². The molecule has 0 saturated carbocycles. The molecule has 0 aromatic heterocycles. The van der Waals surface area contributed by atoms with Crippen LogP contribution in [-0.4, -0.2) is 95.0 Å². The molecule has 0 spiro atoms. The van der Waals surface area contributed by atoms with Crippen molar-refractivity contribution in [1.82, 2.24) is 0 Å². The molecule has 0 amide bonds. The molecule has 3 saturated heterocycles. The van der Waals surface area contributed by atoms with Crippen LogP contribution in [-0.2, 0) is 33.5 Å². The highest BCUT2D eigenvalue weighted by Gasteiger charge is 2.48. The van der Waals surface area contributed by atoms with Crippen LogP contribution in [0.15, 0.2) is 84.3 Å². The summed E-state index contributed by atoms with van der Waals surface area (Å²) in [5.74, 6) is -0.395. The first-order chi connectivity index (χ1) is 22.1. The first-order valence-electron chi connectivity index (χ1n) is 16.4. The van der Waals surface area contributed by atoms with E-state index in [-0.39, 0.29) is 53.9 Å². The number of hydrogen-bond acceptors (Lipinski definition) is 9. The summed E-state index contributed by atoms with van der Waals surface area (Å²) in [6, 6.07) is 8.44. The van der Waals surface area contributed by atoms with E-state index >= 15 is 0 Å². The maximum Gasteiger partial charge on any atom is 0.178 e. The SMILES string of the molecule is C=CCOC/C=C/[C@H]1CC(=C)[C@H](CC[C@H]2C[C@@H](C)C(=C)[C@@H](C[C@@H]3O[C@H](CC(O)CN)[C@H](OC)[C@H]3CS(=O)(=O)c3ccccc3)O2)O1. The average molecular weight is 660 g/mol. The largest absolute Gasteiger partial charge is 0.392 e. The van der Waals surface area contributed by atoms with Gasteiger partial charge in [0.25, 0.3) is 0 Å². The summed E-state index contributed by atoms with van der Waals surface area (Å²) >= 11 is 0. The van der Waals surface area contributed by atoms with Crippen LogP contribution in [0.3, 0.4) is 0 Å². The lowest BCUT2D eigenvalue weighted by Gasteiger charge is -2.38. The number of hydrogen-bond donors (Lipinski definition) is 2. The standard InChI is InChI=1S/C36H53NO8S/c1-6-16-42-17-10-11-28-19-25(3)32(43-28)15-14-29-18-24(2)26(4)33(44-29)21-34-31(23-46(39,40)30-12-8-7-9-13-30)36(41-5)35(45-34)20-27(38)22-37/h6-13,24,27-29,31-36,38H,1,3-4,14-23,37H2,2,5H3/b11-10+/t24-,27?,28+,29+,31+,32+,33-,34+,35-,36-/m1/s1. The second-order valence-electron chi connectivity index (χ2n) is 12.8. The summed E-state index contributed by atoms with van der Waals surface area (Å²) in [6.07, 6.45) is 7.02. The Hall–Kier alpha value is -2.15. The molecule has 9 nitrogen and oxygen atoms in total. The van der Waals surface area contributed by atoms with Crippen LogP contribution < -0.4 is 5.73 Å². The highest BCUT2D eigenvalue weighted by molar-refractivity contribution is 7.91. The fourth-order valence-corrected chi connectivity index (χ4v) is 8.59. The quantitative estimate of drug-likeness (QED) is 0.183. The van der Waals surface area contributed by atoms with Gasteiger partial charge in [-0.25, -0.2) is 8.42 Å². The average Bonchev–Trinajstić information content (AvgIpc) is 3.55. The van der Waals surface area contributed by atoms with Crippen LogP contribution >= 0.6 is 0 Å². The predicted octanol–water partition coefficient (Wildman–Crippen LogP) is 4.56. The van der Waals surface area contributed by atoms with Gasteiger partial charge in [-0.1, -0.05) is 56.5 Å². The number of benzene rings is 1. The number of aliphatic hydroxyl groups is 1. The molecular weight excluding hydrogens is 606 g/mol. The summed E-state index contributed by atoms with van der Waals surface area (Å²) in [6.45, 7) is 15.6. The first-order valence-corrected chi connectivity index (χ1v) is 18.1. The van der Waals surface area contributed by atoms with Gasteiger partial charge in [0.1, 0.15) is 0 Å². The van der Waals surface area contributed by atoms with E-state index < -0.39 is 40.2 Å². The zero-order valence-electron chi connectivity index (χ0n) is 27.4. The van der Waals surface area contributed by atoms with Crippen molar-refractivity contribution in [3.05, 3.63) is 79.4 Å². The Morgan fingerprint density at radius 3 is 2.54 bits per heavy atom. The molecular formula is C36H53NO8S. The van der Waals surface area contributed by atoms with Crippen molar-refractivity contribution in [3.63, 3.8) is 0 Å². The third-order valence-corrected chi connectivity index (χ3v) is 11.3. The van der Waals surface area contributed by atoms with Crippen molar-refractivity contribution in [2.75, 3.05) is 32.6 Å². The van der Waals surface area contributed by atoms with E-state index in [1.54, 1.807) is 43.5 Å². The van der Waals surface area contributed by atoms with Crippen LogP contribution in [0.2, 0.25) is 0 Å². The third-order valence-electron chi connectivity index (χ3n) is 9.45. The minimum absolute atomic E-state index is 0.00775. The van der Waals surface area contributed by atoms with Gasteiger partial charge in [0.2, 0.25) is 0 Å². The van der Waals surface area contributed by atoms with Crippen LogP contribution in [0.25, 0.3) is 0 Å². The number of sulfone groups is 1. The number of rotatable bonds is 17. The van der Waals surface area contributed by atoms with Gasteiger partial charge >= 0.3 is 0 Å². The van der Waals surface area contributed by atoms with E-state index in [1.807, 2.05) is 12.2 Å². The van der Waals surface area contributed by atoms with Crippen molar-refractivity contribution >= 4 is 9.84 Å². The molecule has 46 heavy (non-hydrogen) atoms. The second-order valence-corrected chi connectivity index (χ2v) is 14.9. The predicted molar refractivity (Wildman–Crippen MR) is 179 cm³/mol. The molecule has 4 rings (SSSR count). The maximum atomic E-state index is 13.5. The molecule has 3 fully saturated rings. The van der Waals surface area contributed by atoms with Crippen LogP contribution in [0.1, 0.15) is 45.4 Å². The fraction of sp³-hybridized carbons (Fsp3) is 0.611. The second kappa shape index (κ2) is 17.3. The monoisotopic (exact) mass is 659 g/mol.